The maximum Gasteiger partial charge on any atom is 0.166 e. The topological polar surface area (TPSA) is 35.5 Å². The molecule has 1 aliphatic heterocycles. The van der Waals surface area contributed by atoms with Crippen molar-refractivity contribution in [1.29, 1.82) is 0 Å². The average Bonchev–Trinajstić information content (AvgIpc) is 2.57. The molecule has 1 aromatic rings. The van der Waals surface area contributed by atoms with Gasteiger partial charge in [-0.3, -0.25) is 4.79 Å². The lowest BCUT2D eigenvalue weighted by Gasteiger charge is -2.28. The second-order valence-electron chi connectivity index (χ2n) is 6.55. The Morgan fingerprint density at radius 2 is 1.95 bits per heavy atom. The zero-order valence-corrected chi connectivity index (χ0v) is 13.0. The van der Waals surface area contributed by atoms with E-state index in [-0.39, 0.29) is 23.1 Å². The number of ether oxygens (including phenoxy) is 2. The van der Waals surface area contributed by atoms with Crippen molar-refractivity contribution in [1.82, 2.24) is 0 Å². The molecule has 0 aromatic heterocycles. The molecule has 0 spiro atoms. The highest BCUT2D eigenvalue weighted by molar-refractivity contribution is 5.98. The summed E-state index contributed by atoms with van der Waals surface area (Å²) >= 11 is 0. The summed E-state index contributed by atoms with van der Waals surface area (Å²) in [7, 11) is 0. The molecule has 1 unspecified atom stereocenters. The van der Waals surface area contributed by atoms with Crippen molar-refractivity contribution in [2.75, 3.05) is 0 Å². The van der Waals surface area contributed by atoms with E-state index in [2.05, 4.69) is 13.8 Å². The van der Waals surface area contributed by atoms with Crippen molar-refractivity contribution < 1.29 is 14.3 Å². The Bertz CT molecular complexity index is 503. The summed E-state index contributed by atoms with van der Waals surface area (Å²) in [6.45, 7) is 10.1. The van der Waals surface area contributed by atoms with E-state index in [9.17, 15) is 4.79 Å². The van der Waals surface area contributed by atoms with E-state index >= 15 is 0 Å². The lowest BCUT2D eigenvalue weighted by molar-refractivity contribution is -0.0846. The van der Waals surface area contributed by atoms with Crippen LogP contribution in [0.3, 0.4) is 0 Å². The van der Waals surface area contributed by atoms with Gasteiger partial charge in [0.1, 0.15) is 17.5 Å². The summed E-state index contributed by atoms with van der Waals surface area (Å²) in [5.74, 6) is 0.773. The van der Waals surface area contributed by atoms with Crippen LogP contribution in [0.2, 0.25) is 0 Å². The van der Waals surface area contributed by atoms with E-state index < -0.39 is 0 Å². The van der Waals surface area contributed by atoms with Crippen LogP contribution in [0.25, 0.3) is 0 Å². The number of carbonyl (C=O) groups excluding carboxylic acids is 1. The first-order valence-electron chi connectivity index (χ1n) is 7.24. The van der Waals surface area contributed by atoms with Gasteiger partial charge in [0.05, 0.1) is 11.2 Å². The summed E-state index contributed by atoms with van der Waals surface area (Å²) in [6.07, 6.45) is 1.24. The van der Waals surface area contributed by atoms with E-state index in [4.69, 9.17) is 9.47 Å². The quantitative estimate of drug-likeness (QED) is 0.780. The SMILES string of the molecule is CCC(=O)c1ccccc1OC1CC(C)(C)OC1(C)C. The lowest BCUT2D eigenvalue weighted by Crippen LogP contribution is -2.37. The molecule has 110 valence electrons. The van der Waals surface area contributed by atoms with Crippen molar-refractivity contribution in [3.63, 3.8) is 0 Å². The first-order valence-corrected chi connectivity index (χ1v) is 7.24. The number of Topliss-reactive ketones (excluding diaryl/α,β-unsaturated/α-hetero) is 1. The third kappa shape index (κ3) is 3.04. The maximum absolute atomic E-state index is 12.0. The van der Waals surface area contributed by atoms with Gasteiger partial charge in [0.15, 0.2) is 5.78 Å². The predicted molar refractivity (Wildman–Crippen MR) is 79.3 cm³/mol. The monoisotopic (exact) mass is 276 g/mol. The van der Waals surface area contributed by atoms with Gasteiger partial charge in [-0.05, 0) is 39.8 Å². The van der Waals surface area contributed by atoms with Gasteiger partial charge in [0.25, 0.3) is 0 Å². The third-order valence-electron chi connectivity index (χ3n) is 3.77. The molecule has 1 aliphatic rings. The Hall–Kier alpha value is -1.35. The molecule has 20 heavy (non-hydrogen) atoms. The van der Waals surface area contributed by atoms with Crippen LogP contribution in [-0.2, 0) is 4.74 Å². The number of carbonyl (C=O) groups is 1. The van der Waals surface area contributed by atoms with Crippen LogP contribution < -0.4 is 4.74 Å². The minimum Gasteiger partial charge on any atom is -0.487 e. The van der Waals surface area contributed by atoms with Crippen LogP contribution in [0.15, 0.2) is 24.3 Å². The Morgan fingerprint density at radius 1 is 1.30 bits per heavy atom. The average molecular weight is 276 g/mol. The van der Waals surface area contributed by atoms with Gasteiger partial charge in [-0.25, -0.2) is 0 Å². The van der Waals surface area contributed by atoms with Crippen LogP contribution in [-0.4, -0.2) is 23.1 Å². The molecule has 1 aromatic carbocycles. The molecule has 0 saturated carbocycles. The summed E-state index contributed by atoms with van der Waals surface area (Å²) in [4.78, 5) is 12.0. The standard InChI is InChI=1S/C17H24O3/c1-6-13(18)12-9-7-8-10-14(12)19-15-11-16(2,3)20-17(15,4)5/h7-10,15H,6,11H2,1-5H3. The minimum atomic E-state index is -0.355. The van der Waals surface area contributed by atoms with Crippen LogP contribution in [0, 0.1) is 0 Å². The second-order valence-corrected chi connectivity index (χ2v) is 6.55. The van der Waals surface area contributed by atoms with Crippen molar-refractivity contribution in [3.05, 3.63) is 29.8 Å². The van der Waals surface area contributed by atoms with E-state index in [1.165, 1.54) is 0 Å². The van der Waals surface area contributed by atoms with Gasteiger partial charge in [0.2, 0.25) is 0 Å². The van der Waals surface area contributed by atoms with Gasteiger partial charge in [0, 0.05) is 12.8 Å². The largest absolute Gasteiger partial charge is 0.487 e. The van der Waals surface area contributed by atoms with Crippen molar-refractivity contribution in [2.45, 2.75) is 64.8 Å². The number of para-hydroxylation sites is 1. The minimum absolute atomic E-state index is 0.0525. The van der Waals surface area contributed by atoms with E-state index in [0.717, 1.165) is 6.42 Å². The zero-order valence-electron chi connectivity index (χ0n) is 13.0. The Kier molecular flexibility index (Phi) is 3.92. The normalized spacial score (nSPS) is 23.6. The summed E-state index contributed by atoms with van der Waals surface area (Å²) < 4.78 is 12.2. The number of hydrogen-bond acceptors (Lipinski definition) is 3. The predicted octanol–water partition coefficient (Wildman–Crippen LogP) is 4.00. The molecular weight excluding hydrogens is 252 g/mol. The van der Waals surface area contributed by atoms with Crippen molar-refractivity contribution in [3.8, 4) is 5.75 Å². The maximum atomic E-state index is 12.0. The van der Waals surface area contributed by atoms with Gasteiger partial charge < -0.3 is 9.47 Å². The Morgan fingerprint density at radius 3 is 2.50 bits per heavy atom. The van der Waals surface area contributed by atoms with E-state index in [1.807, 2.05) is 45.0 Å². The lowest BCUT2D eigenvalue weighted by atomic mass is 9.97. The number of ketones is 1. The molecule has 0 bridgehead atoms. The zero-order chi connectivity index (χ0) is 15.0. The first kappa shape index (κ1) is 15.0. The highest BCUT2D eigenvalue weighted by Crippen LogP contribution is 2.40. The molecule has 3 nitrogen and oxygen atoms in total. The Balaban J connectivity index is 2.25. The molecule has 1 fully saturated rings. The smallest absolute Gasteiger partial charge is 0.166 e. The molecule has 0 aliphatic carbocycles. The molecule has 1 atom stereocenters. The molecule has 3 heteroatoms. The van der Waals surface area contributed by atoms with Crippen molar-refractivity contribution in [2.24, 2.45) is 0 Å². The van der Waals surface area contributed by atoms with Crippen molar-refractivity contribution >= 4 is 5.78 Å². The number of benzene rings is 1. The summed E-state index contributed by atoms with van der Waals surface area (Å²) in [5, 5.41) is 0. The van der Waals surface area contributed by atoms with Gasteiger partial charge in [-0.1, -0.05) is 19.1 Å². The molecule has 1 heterocycles. The molecule has 2 rings (SSSR count). The number of rotatable bonds is 4. The second kappa shape index (κ2) is 5.21. The molecular formula is C17H24O3. The molecule has 0 radical (unpaired) electrons. The van der Waals surface area contributed by atoms with Gasteiger partial charge in [-0.2, -0.15) is 0 Å². The fourth-order valence-electron chi connectivity index (χ4n) is 2.84. The van der Waals surface area contributed by atoms with Crippen LogP contribution in [0.5, 0.6) is 5.75 Å². The van der Waals surface area contributed by atoms with Gasteiger partial charge in [-0.15, -0.1) is 0 Å². The van der Waals surface area contributed by atoms with Crippen LogP contribution in [0.4, 0.5) is 0 Å². The highest BCUT2D eigenvalue weighted by Gasteiger charge is 2.47. The van der Waals surface area contributed by atoms with Crippen LogP contribution in [0.1, 0.15) is 57.8 Å². The van der Waals surface area contributed by atoms with E-state index in [0.29, 0.717) is 17.7 Å². The summed E-state index contributed by atoms with van der Waals surface area (Å²) in [5.41, 5.74) is 0.111. The Labute approximate surface area is 121 Å². The van der Waals surface area contributed by atoms with Gasteiger partial charge >= 0.3 is 0 Å². The fraction of sp³-hybridized carbons (Fsp3) is 0.588. The first-order chi connectivity index (χ1) is 9.25. The number of hydrogen-bond donors (Lipinski definition) is 0. The van der Waals surface area contributed by atoms with E-state index in [1.54, 1.807) is 0 Å². The van der Waals surface area contributed by atoms with Crippen LogP contribution >= 0.6 is 0 Å². The molecule has 0 N–H and O–H groups in total. The third-order valence-corrected chi connectivity index (χ3v) is 3.77. The molecule has 1 saturated heterocycles. The summed E-state index contributed by atoms with van der Waals surface area (Å²) in [6, 6.07) is 7.46. The molecule has 0 amide bonds. The highest BCUT2D eigenvalue weighted by atomic mass is 16.6. The fourth-order valence-corrected chi connectivity index (χ4v) is 2.84.